The van der Waals surface area contributed by atoms with Crippen LogP contribution in [-0.4, -0.2) is 24.0 Å². The first kappa shape index (κ1) is 20.9. The maximum Gasteiger partial charge on any atom is 0.339 e. The SMILES string of the molecule is Cc1c(O[C@@H](C)C(=O)N[C@@H](CC(C)C)C(=O)[O-])ccc2c3c(c(=O)oc12)CCC3. The monoisotopic (exact) mass is 400 g/mol. The molecule has 1 aromatic carbocycles. The van der Waals surface area contributed by atoms with Crippen LogP contribution in [0.5, 0.6) is 5.75 Å². The van der Waals surface area contributed by atoms with Gasteiger partial charge in [-0.15, -0.1) is 0 Å². The lowest BCUT2D eigenvalue weighted by Crippen LogP contribution is -2.51. The molecular formula is C22H26NO6-. The van der Waals surface area contributed by atoms with Gasteiger partial charge in [-0.3, -0.25) is 4.79 Å². The second-order valence-electron chi connectivity index (χ2n) is 8.04. The Morgan fingerprint density at radius 1 is 1.21 bits per heavy atom. The summed E-state index contributed by atoms with van der Waals surface area (Å²) in [6.45, 7) is 7.05. The largest absolute Gasteiger partial charge is 0.548 e. The molecule has 0 saturated heterocycles. The molecule has 156 valence electrons. The van der Waals surface area contributed by atoms with Crippen molar-refractivity contribution in [3.63, 3.8) is 0 Å². The van der Waals surface area contributed by atoms with Gasteiger partial charge in [-0.25, -0.2) is 4.79 Å². The predicted octanol–water partition coefficient (Wildman–Crippen LogP) is 1.64. The van der Waals surface area contributed by atoms with Gasteiger partial charge in [0.25, 0.3) is 5.91 Å². The molecule has 7 nitrogen and oxygen atoms in total. The van der Waals surface area contributed by atoms with Crippen molar-refractivity contribution in [1.82, 2.24) is 5.32 Å². The van der Waals surface area contributed by atoms with E-state index in [4.69, 9.17) is 9.15 Å². The van der Waals surface area contributed by atoms with Gasteiger partial charge in [-0.05, 0) is 63.1 Å². The molecule has 1 aromatic heterocycles. The first-order valence-corrected chi connectivity index (χ1v) is 9.95. The van der Waals surface area contributed by atoms with Crippen LogP contribution in [0.25, 0.3) is 11.0 Å². The fourth-order valence-electron chi connectivity index (χ4n) is 3.81. The number of amides is 1. The number of carbonyl (C=O) groups excluding carboxylic acids is 2. The summed E-state index contributed by atoms with van der Waals surface area (Å²) in [5.74, 6) is -1.37. The number of aliphatic carboxylic acids is 1. The Hall–Kier alpha value is -2.83. The molecule has 2 aromatic rings. The van der Waals surface area contributed by atoms with Crippen molar-refractivity contribution < 1.29 is 23.8 Å². The Morgan fingerprint density at radius 3 is 2.55 bits per heavy atom. The zero-order valence-electron chi connectivity index (χ0n) is 17.2. The number of benzene rings is 1. The number of aryl methyl sites for hydroxylation is 2. The molecule has 1 aliphatic carbocycles. The van der Waals surface area contributed by atoms with E-state index < -0.39 is 24.0 Å². The summed E-state index contributed by atoms with van der Waals surface area (Å²) in [5, 5.41) is 14.6. The topological polar surface area (TPSA) is 109 Å². The highest BCUT2D eigenvalue weighted by atomic mass is 16.5. The van der Waals surface area contributed by atoms with Crippen molar-refractivity contribution in [3.05, 3.63) is 39.2 Å². The average molecular weight is 400 g/mol. The van der Waals surface area contributed by atoms with E-state index in [9.17, 15) is 19.5 Å². The zero-order chi connectivity index (χ0) is 21.3. The Bertz CT molecular complexity index is 1010. The lowest BCUT2D eigenvalue weighted by Gasteiger charge is -2.24. The first-order valence-electron chi connectivity index (χ1n) is 9.95. The van der Waals surface area contributed by atoms with Crippen molar-refractivity contribution in [2.45, 2.75) is 65.5 Å². The van der Waals surface area contributed by atoms with Crippen molar-refractivity contribution >= 4 is 22.8 Å². The molecule has 1 heterocycles. The number of carboxylic acid groups (broad SMARTS) is 1. The Kier molecular flexibility index (Phi) is 5.96. The van der Waals surface area contributed by atoms with Gasteiger partial charge in [0, 0.05) is 16.5 Å². The van der Waals surface area contributed by atoms with E-state index in [2.05, 4.69) is 5.32 Å². The minimum Gasteiger partial charge on any atom is -0.548 e. The summed E-state index contributed by atoms with van der Waals surface area (Å²) in [7, 11) is 0. The van der Waals surface area contributed by atoms with E-state index in [0.29, 0.717) is 16.9 Å². The lowest BCUT2D eigenvalue weighted by molar-refractivity contribution is -0.308. The highest BCUT2D eigenvalue weighted by Crippen LogP contribution is 2.33. The van der Waals surface area contributed by atoms with Gasteiger partial charge in [-0.1, -0.05) is 13.8 Å². The number of rotatable bonds is 7. The van der Waals surface area contributed by atoms with Crippen molar-refractivity contribution in [2.24, 2.45) is 5.92 Å². The molecule has 0 spiro atoms. The number of carbonyl (C=O) groups is 2. The van der Waals surface area contributed by atoms with Crippen LogP contribution < -0.4 is 20.8 Å². The first-order chi connectivity index (χ1) is 13.7. The summed E-state index contributed by atoms with van der Waals surface area (Å²) in [6, 6.07) is 2.52. The molecule has 1 aliphatic rings. The maximum atomic E-state index is 12.4. The predicted molar refractivity (Wildman–Crippen MR) is 106 cm³/mol. The third kappa shape index (κ3) is 4.28. The number of carboxylic acids is 1. The maximum absolute atomic E-state index is 12.4. The third-order valence-electron chi connectivity index (χ3n) is 5.32. The molecule has 0 radical (unpaired) electrons. The summed E-state index contributed by atoms with van der Waals surface area (Å²) >= 11 is 0. The smallest absolute Gasteiger partial charge is 0.339 e. The number of hydrogen-bond donors (Lipinski definition) is 1. The summed E-state index contributed by atoms with van der Waals surface area (Å²) in [6.07, 6.45) is 1.85. The molecule has 0 unspecified atom stereocenters. The Labute approximate surface area is 169 Å². The fraction of sp³-hybridized carbons (Fsp3) is 0.500. The second-order valence-corrected chi connectivity index (χ2v) is 8.04. The number of hydrogen-bond acceptors (Lipinski definition) is 6. The molecule has 29 heavy (non-hydrogen) atoms. The van der Waals surface area contributed by atoms with Crippen LogP contribution in [0.2, 0.25) is 0 Å². The van der Waals surface area contributed by atoms with Crippen LogP contribution in [-0.2, 0) is 22.4 Å². The van der Waals surface area contributed by atoms with E-state index in [0.717, 1.165) is 35.8 Å². The molecule has 0 bridgehead atoms. The summed E-state index contributed by atoms with van der Waals surface area (Å²) in [5.41, 5.74) is 2.56. The number of ether oxygens (including phenoxy) is 1. The van der Waals surface area contributed by atoms with Crippen molar-refractivity contribution in [1.29, 1.82) is 0 Å². The second kappa shape index (κ2) is 8.27. The molecule has 1 N–H and O–H groups in total. The highest BCUT2D eigenvalue weighted by molar-refractivity contribution is 5.87. The van der Waals surface area contributed by atoms with Crippen molar-refractivity contribution in [3.8, 4) is 5.75 Å². The van der Waals surface area contributed by atoms with Gasteiger partial charge in [0.05, 0.1) is 12.0 Å². The zero-order valence-corrected chi connectivity index (χ0v) is 17.2. The van der Waals surface area contributed by atoms with Crippen LogP contribution >= 0.6 is 0 Å². The number of fused-ring (bicyclic) bond motifs is 3. The van der Waals surface area contributed by atoms with E-state index in [-0.39, 0.29) is 18.0 Å². The van der Waals surface area contributed by atoms with Gasteiger partial charge in [-0.2, -0.15) is 0 Å². The molecule has 0 fully saturated rings. The van der Waals surface area contributed by atoms with Gasteiger partial charge < -0.3 is 24.4 Å². The van der Waals surface area contributed by atoms with E-state index in [1.807, 2.05) is 19.9 Å². The van der Waals surface area contributed by atoms with Crippen LogP contribution in [0.4, 0.5) is 0 Å². The van der Waals surface area contributed by atoms with E-state index >= 15 is 0 Å². The molecule has 7 heteroatoms. The van der Waals surface area contributed by atoms with Crippen molar-refractivity contribution in [2.75, 3.05) is 0 Å². The number of nitrogens with one attached hydrogen (secondary N) is 1. The molecule has 3 rings (SSSR count). The van der Waals surface area contributed by atoms with Crippen LogP contribution in [0.1, 0.15) is 50.3 Å². The summed E-state index contributed by atoms with van der Waals surface area (Å²) < 4.78 is 11.3. The van der Waals surface area contributed by atoms with Gasteiger partial charge in [0.2, 0.25) is 0 Å². The Morgan fingerprint density at radius 2 is 1.90 bits per heavy atom. The van der Waals surface area contributed by atoms with Crippen LogP contribution in [0.3, 0.4) is 0 Å². The normalized spacial score (nSPS) is 15.2. The van der Waals surface area contributed by atoms with Crippen LogP contribution in [0, 0.1) is 12.8 Å². The van der Waals surface area contributed by atoms with Gasteiger partial charge >= 0.3 is 5.63 Å². The van der Waals surface area contributed by atoms with Gasteiger partial charge in [0.15, 0.2) is 6.10 Å². The molecular weight excluding hydrogens is 374 g/mol. The Balaban J connectivity index is 1.81. The van der Waals surface area contributed by atoms with E-state index in [1.165, 1.54) is 0 Å². The standard InChI is InChI=1S/C22H27NO6/c1-11(2)10-17(21(25)26)23-20(24)13(4)28-18-9-8-15-14-6-5-7-16(14)22(27)29-19(15)12(18)3/h8-9,11,13,17H,5-7,10H2,1-4H3,(H,23,24)(H,25,26)/p-1/t13-,17-/m0/s1. The van der Waals surface area contributed by atoms with E-state index in [1.54, 1.807) is 19.9 Å². The minimum absolute atomic E-state index is 0.0850. The third-order valence-corrected chi connectivity index (χ3v) is 5.32. The molecule has 1 amide bonds. The highest BCUT2D eigenvalue weighted by Gasteiger charge is 2.24. The molecule has 0 saturated carbocycles. The fourth-order valence-corrected chi connectivity index (χ4v) is 3.81. The van der Waals surface area contributed by atoms with Crippen LogP contribution in [0.15, 0.2) is 21.3 Å². The quantitative estimate of drug-likeness (QED) is 0.708. The molecule has 0 aliphatic heterocycles. The lowest BCUT2D eigenvalue weighted by atomic mass is 10.0. The summed E-state index contributed by atoms with van der Waals surface area (Å²) in [4.78, 5) is 36.0. The van der Waals surface area contributed by atoms with Gasteiger partial charge in [0.1, 0.15) is 11.3 Å². The average Bonchev–Trinajstić information content (AvgIpc) is 3.14. The molecule has 2 atom stereocenters. The minimum atomic E-state index is -1.32.